The number of likely N-dealkylation sites (tertiary alicyclic amines) is 1. The predicted molar refractivity (Wildman–Crippen MR) is 87.3 cm³/mol. The van der Waals surface area contributed by atoms with Crippen molar-refractivity contribution >= 4 is 11.9 Å². The number of carboxylic acid groups (broad SMARTS) is 1. The minimum absolute atomic E-state index is 0.0576. The van der Waals surface area contributed by atoms with Gasteiger partial charge < -0.3 is 19.5 Å². The second-order valence-electron chi connectivity index (χ2n) is 7.06. The van der Waals surface area contributed by atoms with Gasteiger partial charge in [0.15, 0.2) is 18.1 Å². The Morgan fingerprint density at radius 1 is 1.33 bits per heavy atom. The summed E-state index contributed by atoms with van der Waals surface area (Å²) in [6, 6.07) is 5.72. The van der Waals surface area contributed by atoms with Gasteiger partial charge in [-0.1, -0.05) is 12.1 Å². The highest BCUT2D eigenvalue weighted by Crippen LogP contribution is 2.41. The standard InChI is InChI=1S/C18H23NO5/c1-18(2)10-13-4-3-5-14(16(13)24-18)23-11-15(20)19-8-6-12(7-9-19)17(21)22/h3-5,12H,6-11H2,1-2H3,(H,21,22). The molecule has 2 aliphatic heterocycles. The second-order valence-corrected chi connectivity index (χ2v) is 7.06. The van der Waals surface area contributed by atoms with Crippen LogP contribution in [0.4, 0.5) is 0 Å². The summed E-state index contributed by atoms with van der Waals surface area (Å²) in [6.07, 6.45) is 1.81. The Morgan fingerprint density at radius 2 is 2.04 bits per heavy atom. The second kappa shape index (κ2) is 6.34. The maximum absolute atomic E-state index is 12.3. The van der Waals surface area contributed by atoms with E-state index < -0.39 is 5.97 Å². The van der Waals surface area contributed by atoms with Gasteiger partial charge in [-0.25, -0.2) is 0 Å². The van der Waals surface area contributed by atoms with E-state index in [-0.39, 0.29) is 24.0 Å². The fourth-order valence-electron chi connectivity index (χ4n) is 3.31. The number of benzene rings is 1. The van der Waals surface area contributed by atoms with Crippen molar-refractivity contribution in [2.24, 2.45) is 5.92 Å². The lowest BCUT2D eigenvalue weighted by atomic mass is 9.97. The normalized spacial score (nSPS) is 19.5. The van der Waals surface area contributed by atoms with Crippen LogP contribution < -0.4 is 9.47 Å². The summed E-state index contributed by atoms with van der Waals surface area (Å²) in [4.78, 5) is 24.9. The summed E-state index contributed by atoms with van der Waals surface area (Å²) in [5.41, 5.74) is 0.831. The number of hydrogen-bond donors (Lipinski definition) is 1. The zero-order valence-electron chi connectivity index (χ0n) is 14.1. The first-order valence-corrected chi connectivity index (χ1v) is 8.30. The highest BCUT2D eigenvalue weighted by molar-refractivity contribution is 5.78. The summed E-state index contributed by atoms with van der Waals surface area (Å²) >= 11 is 0. The van der Waals surface area contributed by atoms with Crippen LogP contribution in [0.3, 0.4) is 0 Å². The molecule has 0 unspecified atom stereocenters. The van der Waals surface area contributed by atoms with E-state index in [9.17, 15) is 9.59 Å². The van der Waals surface area contributed by atoms with Gasteiger partial charge in [0.25, 0.3) is 5.91 Å². The molecule has 2 heterocycles. The first kappa shape index (κ1) is 16.6. The third-order valence-corrected chi connectivity index (χ3v) is 4.60. The molecule has 0 saturated carbocycles. The van der Waals surface area contributed by atoms with Gasteiger partial charge in [-0.3, -0.25) is 9.59 Å². The lowest BCUT2D eigenvalue weighted by Crippen LogP contribution is -2.42. The molecule has 1 aromatic rings. The summed E-state index contributed by atoms with van der Waals surface area (Å²) in [7, 11) is 0. The number of carbonyl (C=O) groups is 2. The van der Waals surface area contributed by atoms with Gasteiger partial charge in [-0.2, -0.15) is 0 Å². The number of carboxylic acids is 1. The third kappa shape index (κ3) is 3.47. The van der Waals surface area contributed by atoms with E-state index in [1.165, 1.54) is 0 Å². The quantitative estimate of drug-likeness (QED) is 0.913. The summed E-state index contributed by atoms with van der Waals surface area (Å²) in [6.45, 7) is 4.92. The molecule has 3 rings (SSSR count). The van der Waals surface area contributed by atoms with Crippen molar-refractivity contribution in [2.75, 3.05) is 19.7 Å². The van der Waals surface area contributed by atoms with Crippen LogP contribution in [0.5, 0.6) is 11.5 Å². The van der Waals surface area contributed by atoms with Crippen LogP contribution in [0.25, 0.3) is 0 Å². The fraction of sp³-hybridized carbons (Fsp3) is 0.556. The molecule has 0 aromatic heterocycles. The van der Waals surface area contributed by atoms with E-state index in [4.69, 9.17) is 14.6 Å². The Bertz CT molecular complexity index is 647. The molecule has 6 nitrogen and oxygen atoms in total. The third-order valence-electron chi connectivity index (χ3n) is 4.60. The van der Waals surface area contributed by atoms with Crippen molar-refractivity contribution in [3.05, 3.63) is 23.8 Å². The van der Waals surface area contributed by atoms with Gasteiger partial charge in [0.2, 0.25) is 0 Å². The maximum atomic E-state index is 12.3. The number of para-hydroxylation sites is 1. The zero-order valence-corrected chi connectivity index (χ0v) is 14.1. The summed E-state index contributed by atoms with van der Waals surface area (Å²) < 4.78 is 11.6. The molecule has 1 fully saturated rings. The molecule has 0 spiro atoms. The highest BCUT2D eigenvalue weighted by atomic mass is 16.5. The van der Waals surface area contributed by atoms with Crippen molar-refractivity contribution in [1.29, 1.82) is 0 Å². The molecule has 0 bridgehead atoms. The molecule has 1 aromatic carbocycles. The molecule has 0 radical (unpaired) electrons. The number of carbonyl (C=O) groups excluding carboxylic acids is 1. The molecule has 6 heteroatoms. The van der Waals surface area contributed by atoms with Crippen LogP contribution in [0, 0.1) is 5.92 Å². The Balaban J connectivity index is 1.57. The van der Waals surface area contributed by atoms with Gasteiger partial charge in [-0.15, -0.1) is 0 Å². The number of hydrogen-bond acceptors (Lipinski definition) is 4. The summed E-state index contributed by atoms with van der Waals surface area (Å²) in [5.74, 6) is 0.0707. The van der Waals surface area contributed by atoms with Crippen molar-refractivity contribution in [3.63, 3.8) is 0 Å². The van der Waals surface area contributed by atoms with Gasteiger partial charge in [-0.05, 0) is 32.8 Å². The molecule has 2 aliphatic rings. The van der Waals surface area contributed by atoms with Crippen LogP contribution >= 0.6 is 0 Å². The Hall–Kier alpha value is -2.24. The molecule has 1 amide bonds. The highest BCUT2D eigenvalue weighted by Gasteiger charge is 2.33. The number of amides is 1. The molecule has 24 heavy (non-hydrogen) atoms. The molecular formula is C18H23NO5. The van der Waals surface area contributed by atoms with Crippen molar-refractivity contribution < 1.29 is 24.2 Å². The smallest absolute Gasteiger partial charge is 0.306 e. The molecule has 130 valence electrons. The monoisotopic (exact) mass is 333 g/mol. The Morgan fingerprint density at radius 3 is 2.71 bits per heavy atom. The fourth-order valence-corrected chi connectivity index (χ4v) is 3.31. The number of piperidine rings is 1. The topological polar surface area (TPSA) is 76.1 Å². The van der Waals surface area contributed by atoms with Crippen molar-refractivity contribution in [2.45, 2.75) is 38.7 Å². The lowest BCUT2D eigenvalue weighted by Gasteiger charge is -2.30. The number of nitrogens with zero attached hydrogens (tertiary/aromatic N) is 1. The van der Waals surface area contributed by atoms with E-state index >= 15 is 0 Å². The van der Waals surface area contributed by atoms with E-state index in [0.29, 0.717) is 31.7 Å². The van der Waals surface area contributed by atoms with Crippen molar-refractivity contribution in [3.8, 4) is 11.5 Å². The van der Waals surface area contributed by atoms with E-state index in [0.717, 1.165) is 17.7 Å². The SMILES string of the molecule is CC1(C)Cc2cccc(OCC(=O)N3CCC(C(=O)O)CC3)c2O1. The van der Waals surface area contributed by atoms with E-state index in [1.807, 2.05) is 32.0 Å². The number of fused-ring (bicyclic) bond motifs is 1. The van der Waals surface area contributed by atoms with E-state index in [2.05, 4.69) is 0 Å². The van der Waals surface area contributed by atoms with Gasteiger partial charge in [0.1, 0.15) is 5.60 Å². The average Bonchev–Trinajstić information content (AvgIpc) is 2.87. The van der Waals surface area contributed by atoms with Gasteiger partial charge in [0.05, 0.1) is 5.92 Å². The van der Waals surface area contributed by atoms with Crippen LogP contribution in [0.2, 0.25) is 0 Å². The Kier molecular flexibility index (Phi) is 4.39. The zero-order chi connectivity index (χ0) is 17.3. The number of rotatable bonds is 4. The average molecular weight is 333 g/mol. The van der Waals surface area contributed by atoms with Crippen LogP contribution in [0.1, 0.15) is 32.3 Å². The van der Waals surface area contributed by atoms with Crippen LogP contribution in [-0.2, 0) is 16.0 Å². The number of aliphatic carboxylic acids is 1. The summed E-state index contributed by atoms with van der Waals surface area (Å²) in [5, 5.41) is 9.00. The minimum atomic E-state index is -0.780. The molecular weight excluding hydrogens is 310 g/mol. The Labute approximate surface area is 141 Å². The first-order chi connectivity index (χ1) is 11.4. The predicted octanol–water partition coefficient (Wildman–Crippen LogP) is 2.10. The van der Waals surface area contributed by atoms with Crippen molar-refractivity contribution in [1.82, 2.24) is 4.90 Å². The molecule has 1 saturated heterocycles. The molecule has 0 atom stereocenters. The maximum Gasteiger partial charge on any atom is 0.306 e. The van der Waals surface area contributed by atoms with Gasteiger partial charge in [0, 0.05) is 25.1 Å². The van der Waals surface area contributed by atoms with Crippen LogP contribution in [0.15, 0.2) is 18.2 Å². The first-order valence-electron chi connectivity index (χ1n) is 8.30. The largest absolute Gasteiger partial charge is 0.483 e. The lowest BCUT2D eigenvalue weighted by molar-refractivity contribution is -0.146. The molecule has 0 aliphatic carbocycles. The van der Waals surface area contributed by atoms with Crippen LogP contribution in [-0.4, -0.2) is 47.2 Å². The van der Waals surface area contributed by atoms with E-state index in [1.54, 1.807) is 4.90 Å². The minimum Gasteiger partial charge on any atom is -0.483 e. The van der Waals surface area contributed by atoms with Gasteiger partial charge >= 0.3 is 5.97 Å². The molecule has 1 N–H and O–H groups in total. The number of ether oxygens (including phenoxy) is 2.